The molecule has 0 aromatic heterocycles. The average Bonchev–Trinajstić information content (AvgIpc) is 3.08. The quantitative estimate of drug-likeness (QED) is 0.0891. The Morgan fingerprint density at radius 2 is 0.627 bits per heavy atom. The van der Waals surface area contributed by atoms with Gasteiger partial charge in [-0.25, -0.2) is 0 Å². The fraction of sp³-hybridized carbons (Fsp3) is 0.200. The first-order valence-electron chi connectivity index (χ1n) is 17.0. The number of aryl methyl sites for hydroxylation is 6. The molecule has 0 amide bonds. The molecule has 0 aliphatic carbocycles. The van der Waals surface area contributed by atoms with Crippen molar-refractivity contribution in [2.24, 2.45) is 0 Å². The summed E-state index contributed by atoms with van der Waals surface area (Å²) >= 11 is 0. The summed E-state index contributed by atoms with van der Waals surface area (Å²) in [7, 11) is 0. The van der Waals surface area contributed by atoms with E-state index in [2.05, 4.69) is 0 Å². The van der Waals surface area contributed by atoms with Gasteiger partial charge in [0.05, 0.1) is 0 Å². The molecular weight excluding hydrogens is 636 g/mol. The van der Waals surface area contributed by atoms with Crippen LogP contribution in [-0.4, -0.2) is 30.6 Å². The molecule has 0 atom stereocenters. The van der Waals surface area contributed by atoms with Gasteiger partial charge in [-0.05, 0) is 139 Å². The molecule has 6 N–H and O–H groups in total. The molecule has 0 radical (unpaired) electrons. The zero-order chi connectivity index (χ0) is 36.7. The van der Waals surface area contributed by atoms with Gasteiger partial charge in [0, 0.05) is 23.0 Å². The number of phenols is 6. The summed E-state index contributed by atoms with van der Waals surface area (Å²) in [5.41, 5.74) is 11.2. The summed E-state index contributed by atoms with van der Waals surface area (Å²) in [4.78, 5) is 0. The van der Waals surface area contributed by atoms with Crippen molar-refractivity contribution in [2.75, 3.05) is 0 Å². The molecule has 0 saturated heterocycles. The Bertz CT molecular complexity index is 2020. The van der Waals surface area contributed by atoms with Crippen molar-refractivity contribution in [2.45, 2.75) is 59.8 Å². The molecular formula is C45H44O6. The molecule has 0 heterocycles. The molecule has 0 spiro atoms. The second-order valence-electron chi connectivity index (χ2n) is 13.9. The maximum absolute atomic E-state index is 11.6. The summed E-state index contributed by atoms with van der Waals surface area (Å²) < 4.78 is 0. The third-order valence-corrected chi connectivity index (χ3v) is 10.0. The fourth-order valence-corrected chi connectivity index (χ4v) is 7.18. The summed E-state index contributed by atoms with van der Waals surface area (Å²) in [6, 6.07) is 29.8. The van der Waals surface area contributed by atoms with Crippen LogP contribution in [0.3, 0.4) is 0 Å². The molecule has 6 nitrogen and oxygen atoms in total. The first-order chi connectivity index (χ1) is 24.2. The molecule has 0 unspecified atom stereocenters. The highest BCUT2D eigenvalue weighted by Gasteiger charge is 2.26. The van der Waals surface area contributed by atoms with Gasteiger partial charge in [0.1, 0.15) is 34.5 Å². The van der Waals surface area contributed by atoms with Gasteiger partial charge in [0.15, 0.2) is 0 Å². The number of hydrogen-bond acceptors (Lipinski definition) is 6. The molecule has 0 aliphatic heterocycles. The summed E-state index contributed by atoms with van der Waals surface area (Å²) in [5.74, 6) is 0.330. The van der Waals surface area contributed by atoms with Gasteiger partial charge in [0.25, 0.3) is 0 Å². The number of rotatable bonds is 8. The van der Waals surface area contributed by atoms with Gasteiger partial charge in [0.2, 0.25) is 0 Å². The van der Waals surface area contributed by atoms with E-state index >= 15 is 0 Å². The van der Waals surface area contributed by atoms with Crippen LogP contribution in [-0.2, 0) is 6.42 Å². The van der Waals surface area contributed by atoms with Crippen LogP contribution in [0, 0.1) is 41.5 Å². The van der Waals surface area contributed by atoms with Gasteiger partial charge in [-0.3, -0.25) is 0 Å². The van der Waals surface area contributed by atoms with E-state index in [9.17, 15) is 30.6 Å². The highest BCUT2D eigenvalue weighted by atomic mass is 16.3. The molecule has 260 valence electrons. The predicted molar refractivity (Wildman–Crippen MR) is 202 cm³/mol. The van der Waals surface area contributed by atoms with Gasteiger partial charge in [-0.1, -0.05) is 72.8 Å². The van der Waals surface area contributed by atoms with E-state index in [1.54, 1.807) is 24.3 Å². The molecule has 0 bridgehead atoms. The van der Waals surface area contributed by atoms with Crippen molar-refractivity contribution < 1.29 is 30.6 Å². The Hall–Kier alpha value is -5.88. The fourth-order valence-electron chi connectivity index (χ4n) is 7.18. The minimum Gasteiger partial charge on any atom is -0.508 e. The number of hydrogen-bond donors (Lipinski definition) is 6. The molecule has 0 fully saturated rings. The maximum Gasteiger partial charge on any atom is 0.122 e. The molecule has 6 heteroatoms. The normalized spacial score (nSPS) is 11.5. The van der Waals surface area contributed by atoms with E-state index in [1.807, 2.05) is 114 Å². The third kappa shape index (κ3) is 6.95. The summed E-state index contributed by atoms with van der Waals surface area (Å²) in [6.07, 6.45) is 0.508. The van der Waals surface area contributed by atoms with E-state index in [0.29, 0.717) is 28.7 Å². The van der Waals surface area contributed by atoms with Gasteiger partial charge in [-0.2, -0.15) is 0 Å². The molecule has 0 saturated carbocycles. The molecule has 6 rings (SSSR count). The summed E-state index contributed by atoms with van der Waals surface area (Å²) in [6.45, 7) is 11.1. The highest BCUT2D eigenvalue weighted by Crippen LogP contribution is 2.43. The molecule has 51 heavy (non-hydrogen) atoms. The van der Waals surface area contributed by atoms with Crippen molar-refractivity contribution >= 4 is 0 Å². The van der Waals surface area contributed by atoms with E-state index in [0.717, 1.165) is 55.6 Å². The average molecular weight is 681 g/mol. The number of benzene rings is 6. The van der Waals surface area contributed by atoms with Gasteiger partial charge in [-0.15, -0.1) is 0 Å². The molecule has 0 aliphatic rings. The minimum atomic E-state index is -0.390. The standard InChI is InChI=1S/C45H44O6/c1-24-17-32(7-11-38(24)46)42(33-8-12-39(47)25(2)18-33)36-22-30(15-28(5)44(36)50)21-31-16-29(6)45(51)37(23-31)43(34-9-13-40(48)26(3)19-34)35-10-14-41(49)27(4)20-35/h7-20,22-23,42-43,46-51H,21H2,1-6H3. The van der Waals surface area contributed by atoms with Crippen molar-refractivity contribution in [1.29, 1.82) is 0 Å². The largest absolute Gasteiger partial charge is 0.508 e. The van der Waals surface area contributed by atoms with E-state index < -0.39 is 0 Å². The van der Waals surface area contributed by atoms with Crippen LogP contribution in [0.2, 0.25) is 0 Å². The molecule has 6 aromatic rings. The van der Waals surface area contributed by atoms with E-state index in [1.165, 1.54) is 0 Å². The second-order valence-corrected chi connectivity index (χ2v) is 13.9. The smallest absolute Gasteiger partial charge is 0.122 e. The minimum absolute atomic E-state index is 0.174. The number of phenolic OH excluding ortho intramolecular Hbond substituents is 6. The first-order valence-corrected chi connectivity index (χ1v) is 17.0. The van der Waals surface area contributed by atoms with Gasteiger partial charge < -0.3 is 30.6 Å². The van der Waals surface area contributed by atoms with E-state index in [4.69, 9.17) is 0 Å². The van der Waals surface area contributed by atoms with Crippen molar-refractivity contribution in [3.8, 4) is 34.5 Å². The number of aromatic hydroxyl groups is 6. The van der Waals surface area contributed by atoms with E-state index in [-0.39, 0.29) is 46.3 Å². The lowest BCUT2D eigenvalue weighted by atomic mass is 9.80. The van der Waals surface area contributed by atoms with Crippen LogP contribution in [0.1, 0.15) is 89.7 Å². The Kier molecular flexibility index (Phi) is 9.46. The summed E-state index contributed by atoms with van der Waals surface area (Å²) in [5, 5.41) is 64.5. The van der Waals surface area contributed by atoms with Crippen LogP contribution in [0.4, 0.5) is 0 Å². The predicted octanol–water partition coefficient (Wildman–Crippen LogP) is 9.72. The van der Waals surface area contributed by atoms with Crippen LogP contribution in [0.15, 0.2) is 97.1 Å². The first kappa shape index (κ1) is 35.0. The lowest BCUT2D eigenvalue weighted by Gasteiger charge is -2.24. The zero-order valence-corrected chi connectivity index (χ0v) is 29.8. The van der Waals surface area contributed by atoms with Crippen molar-refractivity contribution in [3.05, 3.63) is 175 Å². The van der Waals surface area contributed by atoms with Gasteiger partial charge >= 0.3 is 0 Å². The van der Waals surface area contributed by atoms with Crippen molar-refractivity contribution in [3.63, 3.8) is 0 Å². The SMILES string of the molecule is Cc1cc(C(c2ccc(O)c(C)c2)c2cc(Cc3cc(C)c(O)c(C(c4ccc(O)c(C)c4)c4ccc(O)c(C)c4)c3)cc(C)c2O)ccc1O. The lowest BCUT2D eigenvalue weighted by Crippen LogP contribution is -2.08. The highest BCUT2D eigenvalue weighted by molar-refractivity contribution is 5.58. The zero-order valence-electron chi connectivity index (χ0n) is 29.8. The monoisotopic (exact) mass is 680 g/mol. The Labute approximate surface area is 299 Å². The van der Waals surface area contributed by atoms with Crippen molar-refractivity contribution in [1.82, 2.24) is 0 Å². The molecule has 6 aromatic carbocycles. The third-order valence-electron chi connectivity index (χ3n) is 10.0. The lowest BCUT2D eigenvalue weighted by molar-refractivity contribution is 0.461. The Balaban J connectivity index is 1.49. The Morgan fingerprint density at radius 3 is 0.882 bits per heavy atom. The van der Waals surface area contributed by atoms with Crippen LogP contribution in [0.5, 0.6) is 34.5 Å². The Morgan fingerprint density at radius 1 is 0.353 bits per heavy atom. The second kappa shape index (κ2) is 13.8. The van der Waals surface area contributed by atoms with Crippen LogP contribution >= 0.6 is 0 Å². The topological polar surface area (TPSA) is 121 Å². The maximum atomic E-state index is 11.6. The van der Waals surface area contributed by atoms with Crippen LogP contribution in [0.25, 0.3) is 0 Å². The van der Waals surface area contributed by atoms with Crippen LogP contribution < -0.4 is 0 Å².